The first-order chi connectivity index (χ1) is 7.94. The van der Waals surface area contributed by atoms with E-state index in [4.69, 9.17) is 4.74 Å². The van der Waals surface area contributed by atoms with E-state index in [1.165, 1.54) is 0 Å². The average Bonchev–Trinajstić information content (AvgIpc) is 2.69. The normalized spacial score (nSPS) is 23.9. The van der Waals surface area contributed by atoms with Crippen molar-refractivity contribution in [1.82, 2.24) is 5.32 Å². The van der Waals surface area contributed by atoms with Crippen molar-refractivity contribution in [2.24, 2.45) is 5.92 Å². The van der Waals surface area contributed by atoms with Gasteiger partial charge in [-0.15, -0.1) is 0 Å². The van der Waals surface area contributed by atoms with E-state index in [1.807, 2.05) is 13.8 Å². The highest BCUT2D eigenvalue weighted by atomic mass is 16.5. The van der Waals surface area contributed by atoms with Crippen LogP contribution in [0.15, 0.2) is 0 Å². The van der Waals surface area contributed by atoms with Gasteiger partial charge in [0.15, 0.2) is 0 Å². The fourth-order valence-corrected chi connectivity index (χ4v) is 2.43. The minimum atomic E-state index is -0.813. The number of hydrogen-bond acceptors (Lipinski definition) is 3. The molecule has 2 unspecified atom stereocenters. The molecule has 0 spiro atoms. The van der Waals surface area contributed by atoms with Crippen molar-refractivity contribution >= 4 is 5.97 Å². The number of carboxylic acid groups (broad SMARTS) is 1. The minimum Gasteiger partial charge on any atom is -0.480 e. The zero-order valence-corrected chi connectivity index (χ0v) is 11.2. The van der Waals surface area contributed by atoms with Crippen LogP contribution in [-0.2, 0) is 9.53 Å². The molecular weight excluding hydrogens is 218 g/mol. The maximum absolute atomic E-state index is 11.3. The molecule has 1 fully saturated rings. The Morgan fingerprint density at radius 2 is 2.29 bits per heavy atom. The predicted molar refractivity (Wildman–Crippen MR) is 67.1 cm³/mol. The first-order valence-corrected chi connectivity index (χ1v) is 6.54. The topological polar surface area (TPSA) is 58.6 Å². The van der Waals surface area contributed by atoms with Crippen molar-refractivity contribution < 1.29 is 14.6 Å². The Hall–Kier alpha value is -0.610. The minimum absolute atomic E-state index is 0.319. The van der Waals surface area contributed by atoms with Crippen LogP contribution in [0.5, 0.6) is 0 Å². The first kappa shape index (κ1) is 14.5. The van der Waals surface area contributed by atoms with E-state index < -0.39 is 11.5 Å². The summed E-state index contributed by atoms with van der Waals surface area (Å²) in [6, 6.07) is 0. The standard InChI is InChI=1S/C13H25NO3/c1-10(2)9-13(3,12(15)16)14-7-6-11-5-4-8-17-11/h10-11,14H,4-9H2,1-3H3,(H,15,16). The second-order valence-corrected chi connectivity index (χ2v) is 5.59. The largest absolute Gasteiger partial charge is 0.480 e. The van der Waals surface area contributed by atoms with Crippen LogP contribution >= 0.6 is 0 Å². The maximum atomic E-state index is 11.3. The molecule has 100 valence electrons. The lowest BCUT2D eigenvalue weighted by Gasteiger charge is -2.28. The molecule has 1 aliphatic rings. The van der Waals surface area contributed by atoms with Gasteiger partial charge in [-0.3, -0.25) is 4.79 Å². The summed E-state index contributed by atoms with van der Waals surface area (Å²) >= 11 is 0. The summed E-state index contributed by atoms with van der Waals surface area (Å²) in [6.45, 7) is 7.42. The second kappa shape index (κ2) is 6.36. The number of rotatable bonds is 7. The molecule has 0 bridgehead atoms. The van der Waals surface area contributed by atoms with E-state index in [0.717, 1.165) is 25.9 Å². The van der Waals surface area contributed by atoms with Crippen molar-refractivity contribution in [2.75, 3.05) is 13.2 Å². The number of hydrogen-bond donors (Lipinski definition) is 2. The van der Waals surface area contributed by atoms with E-state index >= 15 is 0 Å². The Labute approximate surface area is 104 Å². The monoisotopic (exact) mass is 243 g/mol. The summed E-state index contributed by atoms with van der Waals surface area (Å²) in [5, 5.41) is 12.5. The molecule has 0 radical (unpaired) electrons. The number of nitrogens with one attached hydrogen (secondary N) is 1. The Kier molecular flexibility index (Phi) is 5.40. The maximum Gasteiger partial charge on any atom is 0.323 e. The molecule has 17 heavy (non-hydrogen) atoms. The van der Waals surface area contributed by atoms with E-state index in [2.05, 4.69) is 5.32 Å². The number of carboxylic acids is 1. The Morgan fingerprint density at radius 1 is 1.59 bits per heavy atom. The zero-order valence-electron chi connectivity index (χ0n) is 11.2. The smallest absolute Gasteiger partial charge is 0.323 e. The van der Waals surface area contributed by atoms with E-state index in [-0.39, 0.29) is 0 Å². The third-order valence-electron chi connectivity index (χ3n) is 3.29. The number of aliphatic carboxylic acids is 1. The molecule has 2 N–H and O–H groups in total. The van der Waals surface area contributed by atoms with Crippen LogP contribution in [0, 0.1) is 5.92 Å². The quantitative estimate of drug-likeness (QED) is 0.718. The van der Waals surface area contributed by atoms with Gasteiger partial charge in [-0.1, -0.05) is 13.8 Å². The predicted octanol–water partition coefficient (Wildman–Crippen LogP) is 2.03. The van der Waals surface area contributed by atoms with Crippen LogP contribution in [0.3, 0.4) is 0 Å². The van der Waals surface area contributed by atoms with Gasteiger partial charge in [-0.2, -0.15) is 0 Å². The molecule has 0 aromatic rings. The third kappa shape index (κ3) is 4.64. The van der Waals surface area contributed by atoms with Gasteiger partial charge >= 0.3 is 5.97 Å². The molecule has 0 saturated carbocycles. The number of ether oxygens (including phenoxy) is 1. The van der Waals surface area contributed by atoms with Gasteiger partial charge in [-0.25, -0.2) is 0 Å². The van der Waals surface area contributed by atoms with Gasteiger partial charge in [0, 0.05) is 6.61 Å². The third-order valence-corrected chi connectivity index (χ3v) is 3.29. The van der Waals surface area contributed by atoms with Crippen molar-refractivity contribution in [3.63, 3.8) is 0 Å². The van der Waals surface area contributed by atoms with Gasteiger partial charge < -0.3 is 15.2 Å². The van der Waals surface area contributed by atoms with Crippen molar-refractivity contribution in [3.05, 3.63) is 0 Å². The van der Waals surface area contributed by atoms with Gasteiger partial charge in [0.2, 0.25) is 0 Å². The van der Waals surface area contributed by atoms with Gasteiger partial charge in [0.1, 0.15) is 5.54 Å². The summed E-state index contributed by atoms with van der Waals surface area (Å²) in [4.78, 5) is 11.3. The van der Waals surface area contributed by atoms with Crippen LogP contribution in [0.25, 0.3) is 0 Å². The molecule has 1 saturated heterocycles. The Bertz CT molecular complexity index is 249. The average molecular weight is 243 g/mol. The van der Waals surface area contributed by atoms with Crippen LogP contribution < -0.4 is 5.32 Å². The van der Waals surface area contributed by atoms with E-state index in [9.17, 15) is 9.90 Å². The van der Waals surface area contributed by atoms with Crippen molar-refractivity contribution in [3.8, 4) is 0 Å². The molecule has 4 nitrogen and oxygen atoms in total. The molecule has 4 heteroatoms. The van der Waals surface area contributed by atoms with Crippen LogP contribution in [0.2, 0.25) is 0 Å². The fraction of sp³-hybridized carbons (Fsp3) is 0.923. The second-order valence-electron chi connectivity index (χ2n) is 5.59. The Morgan fingerprint density at radius 3 is 2.76 bits per heavy atom. The molecule has 0 amide bonds. The molecular formula is C13H25NO3. The SMILES string of the molecule is CC(C)CC(C)(NCCC1CCCO1)C(=O)O. The van der Waals surface area contributed by atoms with Gasteiger partial charge in [0.25, 0.3) is 0 Å². The fourth-order valence-electron chi connectivity index (χ4n) is 2.43. The molecule has 0 aliphatic carbocycles. The summed E-state index contributed by atoms with van der Waals surface area (Å²) in [6.07, 6.45) is 4.11. The van der Waals surface area contributed by atoms with Crippen molar-refractivity contribution in [1.29, 1.82) is 0 Å². The summed E-state index contributed by atoms with van der Waals surface area (Å²) in [5.74, 6) is -0.398. The zero-order chi connectivity index (χ0) is 12.9. The van der Waals surface area contributed by atoms with Crippen LogP contribution in [-0.4, -0.2) is 35.9 Å². The van der Waals surface area contributed by atoms with Crippen LogP contribution in [0.4, 0.5) is 0 Å². The summed E-state index contributed by atoms with van der Waals surface area (Å²) in [7, 11) is 0. The lowest BCUT2D eigenvalue weighted by molar-refractivity contribution is -0.145. The number of carbonyl (C=O) groups is 1. The molecule has 0 aromatic heterocycles. The highest BCUT2D eigenvalue weighted by molar-refractivity contribution is 5.78. The molecule has 2 atom stereocenters. The Balaban J connectivity index is 2.35. The highest BCUT2D eigenvalue weighted by Gasteiger charge is 2.33. The van der Waals surface area contributed by atoms with Crippen LogP contribution in [0.1, 0.15) is 46.5 Å². The molecule has 1 heterocycles. The first-order valence-electron chi connectivity index (χ1n) is 6.54. The van der Waals surface area contributed by atoms with E-state index in [0.29, 0.717) is 25.0 Å². The summed E-state index contributed by atoms with van der Waals surface area (Å²) < 4.78 is 5.52. The lowest BCUT2D eigenvalue weighted by atomic mass is 9.90. The summed E-state index contributed by atoms with van der Waals surface area (Å²) in [5.41, 5.74) is -0.813. The highest BCUT2D eigenvalue weighted by Crippen LogP contribution is 2.18. The molecule has 0 aromatic carbocycles. The molecule has 1 rings (SSSR count). The van der Waals surface area contributed by atoms with Gasteiger partial charge in [-0.05, 0) is 45.1 Å². The van der Waals surface area contributed by atoms with E-state index in [1.54, 1.807) is 6.92 Å². The lowest BCUT2D eigenvalue weighted by Crippen LogP contribution is -2.51. The van der Waals surface area contributed by atoms with Gasteiger partial charge in [0.05, 0.1) is 6.10 Å². The molecule has 1 aliphatic heterocycles. The van der Waals surface area contributed by atoms with Crippen molar-refractivity contribution in [2.45, 2.75) is 58.1 Å².